The van der Waals surface area contributed by atoms with E-state index in [0.29, 0.717) is 0 Å². The Balaban J connectivity index is 2.38. The van der Waals surface area contributed by atoms with Crippen LogP contribution in [-0.2, 0) is 0 Å². The Kier molecular flexibility index (Phi) is 4.72. The maximum absolute atomic E-state index is 13.5. The van der Waals surface area contributed by atoms with Crippen LogP contribution in [0, 0.1) is 12.7 Å². The molecule has 0 aliphatic heterocycles. The van der Waals surface area contributed by atoms with E-state index >= 15 is 0 Å². The molecule has 102 valence electrons. The lowest BCUT2D eigenvalue weighted by Gasteiger charge is -2.17. The van der Waals surface area contributed by atoms with E-state index in [1.165, 1.54) is 4.88 Å². The van der Waals surface area contributed by atoms with Crippen LogP contribution in [0.3, 0.4) is 0 Å². The fourth-order valence-electron chi connectivity index (χ4n) is 2.21. The molecule has 0 bridgehead atoms. The standard InChI is InChI=1S/C16H20FNS/c1-4-7-18-12(3)15-6-5-14(17)9-16(15)13-8-11(2)19-10-13/h5-6,8-10,12,18H,4,7H2,1-3H3. The van der Waals surface area contributed by atoms with Gasteiger partial charge in [-0.3, -0.25) is 0 Å². The number of hydrogen-bond donors (Lipinski definition) is 1. The maximum atomic E-state index is 13.5. The number of rotatable bonds is 5. The Bertz CT molecular complexity index is 547. The summed E-state index contributed by atoms with van der Waals surface area (Å²) in [7, 11) is 0. The van der Waals surface area contributed by atoms with Crippen LogP contribution < -0.4 is 5.32 Å². The molecule has 1 nitrogen and oxygen atoms in total. The lowest BCUT2D eigenvalue weighted by Crippen LogP contribution is -2.19. The molecule has 1 N–H and O–H groups in total. The second-order valence-electron chi connectivity index (χ2n) is 4.85. The molecule has 1 aromatic carbocycles. The van der Waals surface area contributed by atoms with Crippen LogP contribution in [0.4, 0.5) is 4.39 Å². The van der Waals surface area contributed by atoms with E-state index < -0.39 is 0 Å². The molecule has 3 heteroatoms. The van der Waals surface area contributed by atoms with E-state index in [0.717, 1.165) is 29.7 Å². The quantitative estimate of drug-likeness (QED) is 0.817. The van der Waals surface area contributed by atoms with Gasteiger partial charge in [0, 0.05) is 10.9 Å². The molecule has 1 aromatic heterocycles. The second kappa shape index (κ2) is 6.31. The molecule has 0 saturated heterocycles. The molecular formula is C16H20FNS. The van der Waals surface area contributed by atoms with Gasteiger partial charge in [0.25, 0.3) is 0 Å². The van der Waals surface area contributed by atoms with E-state index in [2.05, 4.69) is 37.5 Å². The van der Waals surface area contributed by atoms with Crippen molar-refractivity contribution in [2.24, 2.45) is 0 Å². The van der Waals surface area contributed by atoms with E-state index in [4.69, 9.17) is 0 Å². The van der Waals surface area contributed by atoms with Gasteiger partial charge in [-0.15, -0.1) is 11.3 Å². The molecule has 19 heavy (non-hydrogen) atoms. The second-order valence-corrected chi connectivity index (χ2v) is 5.97. The monoisotopic (exact) mass is 277 g/mol. The van der Waals surface area contributed by atoms with Crippen molar-refractivity contribution in [3.8, 4) is 11.1 Å². The molecule has 0 aliphatic carbocycles. The molecule has 0 saturated carbocycles. The van der Waals surface area contributed by atoms with Gasteiger partial charge in [-0.05, 0) is 67.1 Å². The Morgan fingerprint density at radius 3 is 2.74 bits per heavy atom. The minimum Gasteiger partial charge on any atom is -0.310 e. The van der Waals surface area contributed by atoms with Crippen molar-refractivity contribution in [3.05, 3.63) is 45.9 Å². The van der Waals surface area contributed by atoms with Gasteiger partial charge in [0.05, 0.1) is 0 Å². The molecule has 0 amide bonds. The molecule has 1 heterocycles. The van der Waals surface area contributed by atoms with Crippen LogP contribution in [0.15, 0.2) is 29.6 Å². The van der Waals surface area contributed by atoms with Crippen molar-refractivity contribution in [2.75, 3.05) is 6.54 Å². The Morgan fingerprint density at radius 2 is 2.11 bits per heavy atom. The van der Waals surface area contributed by atoms with Crippen LogP contribution in [0.25, 0.3) is 11.1 Å². The topological polar surface area (TPSA) is 12.0 Å². The minimum absolute atomic E-state index is 0.176. The third-order valence-electron chi connectivity index (χ3n) is 3.22. The predicted octanol–water partition coefficient (Wildman–Crippen LogP) is 4.92. The molecule has 1 unspecified atom stereocenters. The lowest BCUT2D eigenvalue weighted by atomic mass is 9.97. The van der Waals surface area contributed by atoms with Crippen molar-refractivity contribution < 1.29 is 4.39 Å². The Labute approximate surface area is 118 Å². The highest BCUT2D eigenvalue weighted by molar-refractivity contribution is 7.10. The lowest BCUT2D eigenvalue weighted by molar-refractivity contribution is 0.569. The first-order chi connectivity index (χ1) is 9.11. The van der Waals surface area contributed by atoms with Gasteiger partial charge in [0.2, 0.25) is 0 Å². The van der Waals surface area contributed by atoms with Crippen molar-refractivity contribution >= 4 is 11.3 Å². The van der Waals surface area contributed by atoms with Crippen molar-refractivity contribution in [1.82, 2.24) is 5.32 Å². The van der Waals surface area contributed by atoms with Gasteiger partial charge >= 0.3 is 0 Å². The van der Waals surface area contributed by atoms with Crippen LogP contribution in [0.5, 0.6) is 0 Å². The summed E-state index contributed by atoms with van der Waals surface area (Å²) in [5.41, 5.74) is 3.27. The summed E-state index contributed by atoms with van der Waals surface area (Å²) in [5.74, 6) is -0.176. The average molecular weight is 277 g/mol. The van der Waals surface area contributed by atoms with Crippen molar-refractivity contribution in [1.29, 1.82) is 0 Å². The first-order valence-corrected chi connectivity index (χ1v) is 7.58. The fraction of sp³-hybridized carbons (Fsp3) is 0.375. The van der Waals surface area contributed by atoms with E-state index in [1.807, 2.05) is 6.07 Å². The SMILES string of the molecule is CCCNC(C)c1ccc(F)cc1-c1csc(C)c1. The average Bonchev–Trinajstić information content (AvgIpc) is 2.82. The summed E-state index contributed by atoms with van der Waals surface area (Å²) in [6, 6.07) is 7.43. The number of aryl methyl sites for hydroxylation is 1. The molecule has 0 spiro atoms. The predicted molar refractivity (Wildman–Crippen MR) is 81.2 cm³/mol. The van der Waals surface area contributed by atoms with Crippen molar-refractivity contribution in [2.45, 2.75) is 33.2 Å². The Morgan fingerprint density at radius 1 is 1.32 bits per heavy atom. The van der Waals surface area contributed by atoms with Gasteiger partial charge in [-0.2, -0.15) is 0 Å². The molecule has 0 fully saturated rings. The molecular weight excluding hydrogens is 257 g/mol. The molecule has 2 aromatic rings. The minimum atomic E-state index is -0.176. The van der Waals surface area contributed by atoms with Crippen LogP contribution >= 0.6 is 11.3 Å². The number of thiophene rings is 1. The number of hydrogen-bond acceptors (Lipinski definition) is 2. The van der Waals surface area contributed by atoms with Gasteiger partial charge in [0.1, 0.15) is 5.82 Å². The molecule has 1 atom stereocenters. The molecule has 0 radical (unpaired) electrons. The smallest absolute Gasteiger partial charge is 0.123 e. The zero-order valence-corrected chi connectivity index (χ0v) is 12.5. The zero-order chi connectivity index (χ0) is 13.8. The summed E-state index contributed by atoms with van der Waals surface area (Å²) in [6.45, 7) is 7.33. The maximum Gasteiger partial charge on any atom is 0.123 e. The number of nitrogens with one attached hydrogen (secondary N) is 1. The number of halogens is 1. The fourth-order valence-corrected chi connectivity index (χ4v) is 2.91. The van der Waals surface area contributed by atoms with E-state index in [9.17, 15) is 4.39 Å². The van der Waals surface area contributed by atoms with E-state index in [-0.39, 0.29) is 11.9 Å². The summed E-state index contributed by atoms with van der Waals surface area (Å²) < 4.78 is 13.5. The van der Waals surface area contributed by atoms with Crippen LogP contribution in [0.2, 0.25) is 0 Å². The van der Waals surface area contributed by atoms with Gasteiger partial charge in [-0.1, -0.05) is 13.0 Å². The highest BCUT2D eigenvalue weighted by atomic mass is 32.1. The van der Waals surface area contributed by atoms with Gasteiger partial charge < -0.3 is 5.32 Å². The molecule has 0 aliphatic rings. The highest BCUT2D eigenvalue weighted by Crippen LogP contribution is 2.32. The Hall–Kier alpha value is -1.19. The third-order valence-corrected chi connectivity index (χ3v) is 4.09. The van der Waals surface area contributed by atoms with E-state index in [1.54, 1.807) is 23.5 Å². The third kappa shape index (κ3) is 3.43. The highest BCUT2D eigenvalue weighted by Gasteiger charge is 2.13. The molecule has 2 rings (SSSR count). The summed E-state index contributed by atoms with van der Waals surface area (Å²) in [4.78, 5) is 1.25. The van der Waals surface area contributed by atoms with Gasteiger partial charge in [0.15, 0.2) is 0 Å². The zero-order valence-electron chi connectivity index (χ0n) is 11.7. The normalized spacial score (nSPS) is 12.6. The summed E-state index contributed by atoms with van der Waals surface area (Å²) in [5, 5.41) is 5.56. The number of benzene rings is 1. The van der Waals surface area contributed by atoms with Crippen molar-refractivity contribution in [3.63, 3.8) is 0 Å². The summed E-state index contributed by atoms with van der Waals surface area (Å²) in [6.07, 6.45) is 1.10. The first-order valence-electron chi connectivity index (χ1n) is 6.70. The van der Waals surface area contributed by atoms with Gasteiger partial charge in [-0.25, -0.2) is 4.39 Å². The first kappa shape index (κ1) is 14.2. The summed E-state index contributed by atoms with van der Waals surface area (Å²) >= 11 is 1.70. The van der Waals surface area contributed by atoms with Crippen LogP contribution in [-0.4, -0.2) is 6.54 Å². The van der Waals surface area contributed by atoms with Crippen LogP contribution in [0.1, 0.15) is 36.8 Å². The largest absolute Gasteiger partial charge is 0.310 e.